The summed E-state index contributed by atoms with van der Waals surface area (Å²) in [6, 6.07) is 10.6. The van der Waals surface area contributed by atoms with Gasteiger partial charge in [-0.2, -0.15) is 13.2 Å². The molecule has 1 N–H and O–H groups in total. The quantitative estimate of drug-likeness (QED) is 0.820. The van der Waals surface area contributed by atoms with Crippen molar-refractivity contribution < 1.29 is 17.9 Å². The van der Waals surface area contributed by atoms with Gasteiger partial charge < -0.3 is 10.1 Å². The highest BCUT2D eigenvalue weighted by Crippen LogP contribution is 2.31. The second kappa shape index (κ2) is 6.39. The van der Waals surface area contributed by atoms with E-state index in [1.807, 2.05) is 12.1 Å². The van der Waals surface area contributed by atoms with Crippen molar-refractivity contribution in [2.45, 2.75) is 12.7 Å². The van der Waals surface area contributed by atoms with E-state index in [2.05, 4.69) is 21.2 Å². The van der Waals surface area contributed by atoms with Crippen LogP contribution in [0.25, 0.3) is 0 Å². The van der Waals surface area contributed by atoms with E-state index in [0.29, 0.717) is 18.0 Å². The molecule has 0 aromatic heterocycles. The lowest BCUT2D eigenvalue weighted by atomic mass is 10.1. The summed E-state index contributed by atoms with van der Waals surface area (Å²) < 4.78 is 43.8. The van der Waals surface area contributed by atoms with Gasteiger partial charge in [-0.05, 0) is 51.8 Å². The Morgan fingerprint density at radius 2 is 1.90 bits per heavy atom. The fraction of sp³-hybridized carbons (Fsp3) is 0.200. The van der Waals surface area contributed by atoms with Crippen molar-refractivity contribution in [1.29, 1.82) is 0 Å². The fourth-order valence-electron chi connectivity index (χ4n) is 1.83. The van der Waals surface area contributed by atoms with E-state index >= 15 is 0 Å². The van der Waals surface area contributed by atoms with E-state index < -0.39 is 11.7 Å². The molecule has 0 aliphatic rings. The third-order valence-corrected chi connectivity index (χ3v) is 3.52. The number of hydrogen-bond acceptors (Lipinski definition) is 2. The Labute approximate surface area is 129 Å². The molecule has 2 rings (SSSR count). The van der Waals surface area contributed by atoms with Crippen LogP contribution in [-0.2, 0) is 12.7 Å². The first-order valence-electron chi connectivity index (χ1n) is 6.13. The van der Waals surface area contributed by atoms with Gasteiger partial charge in [-0.1, -0.05) is 12.1 Å². The van der Waals surface area contributed by atoms with Crippen molar-refractivity contribution in [3.63, 3.8) is 0 Å². The molecule has 0 unspecified atom stereocenters. The maximum absolute atomic E-state index is 12.6. The van der Waals surface area contributed by atoms with Crippen LogP contribution in [0.15, 0.2) is 46.9 Å². The van der Waals surface area contributed by atoms with Crippen LogP contribution in [0.3, 0.4) is 0 Å². The summed E-state index contributed by atoms with van der Waals surface area (Å²) in [6.45, 7) is 0.421. The zero-order valence-corrected chi connectivity index (χ0v) is 12.8. The van der Waals surface area contributed by atoms with Crippen LogP contribution in [0, 0.1) is 0 Å². The Balaban J connectivity index is 2.08. The number of anilines is 1. The third kappa shape index (κ3) is 4.14. The summed E-state index contributed by atoms with van der Waals surface area (Å²) in [6.07, 6.45) is -4.33. The number of benzene rings is 2. The van der Waals surface area contributed by atoms with Crippen molar-refractivity contribution >= 4 is 21.6 Å². The van der Waals surface area contributed by atoms with Crippen molar-refractivity contribution in [1.82, 2.24) is 0 Å². The van der Waals surface area contributed by atoms with Crippen LogP contribution in [0.1, 0.15) is 11.1 Å². The van der Waals surface area contributed by atoms with Crippen LogP contribution < -0.4 is 10.1 Å². The molecule has 0 saturated carbocycles. The molecule has 6 heteroatoms. The first-order valence-corrected chi connectivity index (χ1v) is 6.93. The van der Waals surface area contributed by atoms with Gasteiger partial charge in [0.2, 0.25) is 0 Å². The molecular weight excluding hydrogens is 347 g/mol. The average molecular weight is 360 g/mol. The Morgan fingerprint density at radius 1 is 1.14 bits per heavy atom. The normalized spacial score (nSPS) is 11.3. The van der Waals surface area contributed by atoms with Gasteiger partial charge in [0.25, 0.3) is 0 Å². The SMILES string of the molecule is COc1ccc(CNc2cccc(C(F)(F)F)c2)cc1Br. The number of nitrogens with one attached hydrogen (secondary N) is 1. The highest BCUT2D eigenvalue weighted by molar-refractivity contribution is 9.10. The van der Waals surface area contributed by atoms with E-state index in [9.17, 15) is 13.2 Å². The van der Waals surface area contributed by atoms with E-state index in [1.54, 1.807) is 19.2 Å². The molecule has 2 aromatic carbocycles. The first kappa shape index (κ1) is 15.7. The van der Waals surface area contributed by atoms with E-state index in [0.717, 1.165) is 22.2 Å². The van der Waals surface area contributed by atoms with Crippen LogP contribution >= 0.6 is 15.9 Å². The summed E-state index contributed by atoms with van der Waals surface area (Å²) in [5.41, 5.74) is 0.695. The number of halogens is 4. The Kier molecular flexibility index (Phi) is 4.77. The van der Waals surface area contributed by atoms with Gasteiger partial charge in [0.05, 0.1) is 17.1 Å². The van der Waals surface area contributed by atoms with Crippen LogP contribution in [0.4, 0.5) is 18.9 Å². The predicted octanol–water partition coefficient (Wildman–Crippen LogP) is 5.09. The van der Waals surface area contributed by atoms with Gasteiger partial charge in [-0.25, -0.2) is 0 Å². The molecule has 0 bridgehead atoms. The van der Waals surface area contributed by atoms with Gasteiger partial charge in [0.1, 0.15) is 5.75 Å². The molecule has 0 radical (unpaired) electrons. The maximum atomic E-state index is 12.6. The van der Waals surface area contributed by atoms with Crippen molar-refractivity contribution in [2.24, 2.45) is 0 Å². The summed E-state index contributed by atoms with van der Waals surface area (Å²) in [7, 11) is 1.57. The Bertz CT molecular complexity index is 629. The highest BCUT2D eigenvalue weighted by atomic mass is 79.9. The second-order valence-corrected chi connectivity index (χ2v) is 5.26. The molecular formula is C15H13BrF3NO. The second-order valence-electron chi connectivity index (χ2n) is 4.40. The highest BCUT2D eigenvalue weighted by Gasteiger charge is 2.30. The molecule has 21 heavy (non-hydrogen) atoms. The summed E-state index contributed by atoms with van der Waals surface area (Å²) in [5, 5.41) is 2.98. The summed E-state index contributed by atoms with van der Waals surface area (Å²) >= 11 is 3.37. The number of alkyl halides is 3. The van der Waals surface area contributed by atoms with Crippen LogP contribution in [-0.4, -0.2) is 7.11 Å². The number of methoxy groups -OCH3 is 1. The first-order chi connectivity index (χ1) is 9.90. The lowest BCUT2D eigenvalue weighted by Crippen LogP contribution is -2.06. The zero-order valence-electron chi connectivity index (χ0n) is 11.2. The Hall–Kier alpha value is -1.69. The van der Waals surface area contributed by atoms with Crippen molar-refractivity contribution in [2.75, 3.05) is 12.4 Å². The number of rotatable bonds is 4. The van der Waals surface area contributed by atoms with Crippen LogP contribution in [0.5, 0.6) is 5.75 Å². The van der Waals surface area contributed by atoms with Gasteiger partial charge in [0.15, 0.2) is 0 Å². The monoisotopic (exact) mass is 359 g/mol. The smallest absolute Gasteiger partial charge is 0.416 e. The Morgan fingerprint density at radius 3 is 2.52 bits per heavy atom. The summed E-state index contributed by atoms with van der Waals surface area (Å²) in [4.78, 5) is 0. The van der Waals surface area contributed by atoms with Gasteiger partial charge in [-0.3, -0.25) is 0 Å². The molecule has 0 aliphatic heterocycles. The molecule has 0 spiro atoms. The molecule has 0 fully saturated rings. The largest absolute Gasteiger partial charge is 0.496 e. The average Bonchev–Trinajstić information content (AvgIpc) is 2.45. The number of ether oxygens (including phenoxy) is 1. The van der Waals surface area contributed by atoms with Gasteiger partial charge in [-0.15, -0.1) is 0 Å². The van der Waals surface area contributed by atoms with Gasteiger partial charge in [0, 0.05) is 12.2 Å². The minimum absolute atomic E-state index is 0.421. The molecule has 112 valence electrons. The minimum Gasteiger partial charge on any atom is -0.496 e. The van der Waals surface area contributed by atoms with Crippen LogP contribution in [0.2, 0.25) is 0 Å². The van der Waals surface area contributed by atoms with Crippen molar-refractivity contribution in [3.05, 3.63) is 58.1 Å². The minimum atomic E-state index is -4.33. The third-order valence-electron chi connectivity index (χ3n) is 2.90. The molecule has 2 nitrogen and oxygen atoms in total. The summed E-state index contributed by atoms with van der Waals surface area (Å²) in [5.74, 6) is 0.706. The molecule has 2 aromatic rings. The van der Waals surface area contributed by atoms with Crippen molar-refractivity contribution in [3.8, 4) is 5.75 Å². The number of hydrogen-bond donors (Lipinski definition) is 1. The zero-order chi connectivity index (χ0) is 15.5. The lowest BCUT2D eigenvalue weighted by Gasteiger charge is -2.11. The molecule has 0 amide bonds. The molecule has 0 atom stereocenters. The van der Waals surface area contributed by atoms with Gasteiger partial charge >= 0.3 is 6.18 Å². The van der Waals surface area contributed by atoms with E-state index in [4.69, 9.17) is 4.74 Å². The topological polar surface area (TPSA) is 21.3 Å². The van der Waals surface area contributed by atoms with E-state index in [1.165, 1.54) is 6.07 Å². The predicted molar refractivity (Wildman–Crippen MR) is 79.5 cm³/mol. The maximum Gasteiger partial charge on any atom is 0.416 e. The lowest BCUT2D eigenvalue weighted by molar-refractivity contribution is -0.137. The standard InChI is InChI=1S/C15H13BrF3NO/c1-21-14-6-5-10(7-13(14)16)9-20-12-4-2-3-11(8-12)15(17,18)19/h2-8,20H,9H2,1H3. The molecule has 0 aliphatic carbocycles. The molecule has 0 saturated heterocycles. The van der Waals surface area contributed by atoms with E-state index in [-0.39, 0.29) is 0 Å². The fourth-order valence-corrected chi connectivity index (χ4v) is 2.42. The molecule has 0 heterocycles.